The van der Waals surface area contributed by atoms with Gasteiger partial charge in [-0.2, -0.15) is 4.98 Å². The fourth-order valence-corrected chi connectivity index (χ4v) is 3.23. The maximum absolute atomic E-state index is 9.85. The number of hydrogen-bond donors (Lipinski definition) is 1. The number of aliphatic hydroxyl groups is 1. The maximum atomic E-state index is 9.85. The van der Waals surface area contributed by atoms with E-state index in [0.717, 1.165) is 19.3 Å². The van der Waals surface area contributed by atoms with E-state index in [1.54, 1.807) is 11.8 Å². The Balaban J connectivity index is 1.61. The summed E-state index contributed by atoms with van der Waals surface area (Å²) in [7, 11) is 0. The van der Waals surface area contributed by atoms with Crippen LogP contribution in [0.1, 0.15) is 42.5 Å². The lowest BCUT2D eigenvalue weighted by Crippen LogP contribution is -2.11. The highest BCUT2D eigenvalue weighted by molar-refractivity contribution is 7.98. The topological polar surface area (TPSA) is 59.2 Å². The minimum Gasteiger partial charge on any atom is -0.392 e. The summed E-state index contributed by atoms with van der Waals surface area (Å²) < 4.78 is 5.29. The van der Waals surface area contributed by atoms with Gasteiger partial charge in [-0.1, -0.05) is 22.9 Å². The van der Waals surface area contributed by atoms with Crippen LogP contribution in [0.25, 0.3) is 0 Å². The van der Waals surface area contributed by atoms with Crippen molar-refractivity contribution in [3.8, 4) is 0 Å². The third-order valence-corrected chi connectivity index (χ3v) is 4.68. The van der Waals surface area contributed by atoms with Crippen molar-refractivity contribution >= 4 is 11.8 Å². The van der Waals surface area contributed by atoms with E-state index < -0.39 is 0 Å². The molecule has 0 radical (unpaired) electrons. The molecule has 1 saturated carbocycles. The molecule has 1 aliphatic carbocycles. The van der Waals surface area contributed by atoms with Crippen LogP contribution in [0.15, 0.2) is 33.7 Å². The molecule has 1 N–H and O–H groups in total. The first kappa shape index (κ1) is 13.6. The molecule has 1 fully saturated rings. The molecule has 2 aromatic rings. The predicted octanol–water partition coefficient (Wildman–Crippen LogP) is 3.30. The highest BCUT2D eigenvalue weighted by atomic mass is 32.2. The number of nitrogens with zero attached hydrogens (tertiary/aromatic N) is 2. The summed E-state index contributed by atoms with van der Waals surface area (Å²) in [5.74, 6) is 2.01. The average Bonchev–Trinajstić information content (AvgIpc) is 3.06. The molecular formula is C15H18N2O2S. The third-order valence-electron chi connectivity index (χ3n) is 3.67. The third kappa shape index (κ3) is 3.04. The van der Waals surface area contributed by atoms with Crippen LogP contribution in [0.3, 0.4) is 0 Å². The second-order valence-corrected chi connectivity index (χ2v) is 6.30. The number of rotatable bonds is 4. The summed E-state index contributed by atoms with van der Waals surface area (Å²) >= 11 is 1.69. The normalized spacial score (nSPS) is 22.3. The molecule has 3 rings (SSSR count). The predicted molar refractivity (Wildman–Crippen MR) is 77.6 cm³/mol. The second kappa shape index (κ2) is 5.97. The molecule has 2 atom stereocenters. The molecule has 5 heteroatoms. The zero-order valence-electron chi connectivity index (χ0n) is 11.5. The molecule has 0 amide bonds. The van der Waals surface area contributed by atoms with Gasteiger partial charge in [-0.25, -0.2) is 0 Å². The van der Waals surface area contributed by atoms with E-state index in [1.165, 1.54) is 10.5 Å². The van der Waals surface area contributed by atoms with Gasteiger partial charge in [0.2, 0.25) is 5.89 Å². The minimum absolute atomic E-state index is 0.0284. The highest BCUT2D eigenvalue weighted by Crippen LogP contribution is 2.33. The van der Waals surface area contributed by atoms with Crippen molar-refractivity contribution in [1.29, 1.82) is 0 Å². The van der Waals surface area contributed by atoms with Crippen molar-refractivity contribution in [2.75, 3.05) is 0 Å². The summed E-state index contributed by atoms with van der Waals surface area (Å²) in [6.45, 7) is 2.08. The largest absolute Gasteiger partial charge is 0.392 e. The van der Waals surface area contributed by atoms with E-state index in [4.69, 9.17) is 4.52 Å². The first-order chi connectivity index (χ1) is 9.72. The molecule has 1 heterocycles. The van der Waals surface area contributed by atoms with Crippen LogP contribution in [-0.4, -0.2) is 21.4 Å². The molecule has 106 valence electrons. The van der Waals surface area contributed by atoms with E-state index in [2.05, 4.69) is 41.3 Å². The zero-order chi connectivity index (χ0) is 13.9. The lowest BCUT2D eigenvalue weighted by Gasteiger charge is -2.07. The highest BCUT2D eigenvalue weighted by Gasteiger charge is 2.31. The van der Waals surface area contributed by atoms with Crippen molar-refractivity contribution in [2.45, 2.75) is 48.9 Å². The summed E-state index contributed by atoms with van der Waals surface area (Å²) in [4.78, 5) is 5.61. The number of benzene rings is 1. The molecular weight excluding hydrogens is 272 g/mol. The Morgan fingerprint density at radius 1 is 1.30 bits per heavy atom. The molecule has 0 bridgehead atoms. The zero-order valence-corrected chi connectivity index (χ0v) is 12.3. The van der Waals surface area contributed by atoms with E-state index in [9.17, 15) is 5.11 Å². The van der Waals surface area contributed by atoms with Gasteiger partial charge in [0.25, 0.3) is 0 Å². The molecule has 20 heavy (non-hydrogen) atoms. The van der Waals surface area contributed by atoms with E-state index in [0.29, 0.717) is 17.5 Å². The average molecular weight is 290 g/mol. The molecule has 0 aliphatic heterocycles. The Kier molecular flexibility index (Phi) is 4.08. The summed E-state index contributed by atoms with van der Waals surface area (Å²) in [5, 5.41) is 13.9. The number of aliphatic hydroxyl groups excluding tert-OH is 1. The number of aromatic nitrogens is 2. The second-order valence-electron chi connectivity index (χ2n) is 5.26. The Morgan fingerprint density at radius 3 is 2.80 bits per heavy atom. The van der Waals surface area contributed by atoms with Gasteiger partial charge < -0.3 is 9.63 Å². The van der Waals surface area contributed by atoms with Crippen molar-refractivity contribution < 1.29 is 9.63 Å². The van der Waals surface area contributed by atoms with Gasteiger partial charge in [-0.3, -0.25) is 0 Å². The Bertz CT molecular complexity index is 568. The molecule has 0 spiro atoms. The van der Waals surface area contributed by atoms with Crippen LogP contribution in [0.2, 0.25) is 0 Å². The lowest BCUT2D eigenvalue weighted by molar-refractivity contribution is 0.148. The van der Waals surface area contributed by atoms with Gasteiger partial charge in [0.05, 0.1) is 17.8 Å². The van der Waals surface area contributed by atoms with Crippen LogP contribution < -0.4 is 0 Å². The van der Waals surface area contributed by atoms with Crippen molar-refractivity contribution in [3.05, 3.63) is 41.5 Å². The number of thioether (sulfide) groups is 1. The van der Waals surface area contributed by atoms with Gasteiger partial charge in [-0.15, -0.1) is 11.8 Å². The molecule has 4 nitrogen and oxygen atoms in total. The standard InChI is InChI=1S/C15H18N2O2S/c1-10-5-7-11(8-6-10)20-9-14-16-15(19-17-14)12-3-2-4-13(12)18/h5-8,12-13,18H,2-4,9H2,1H3. The summed E-state index contributed by atoms with van der Waals surface area (Å²) in [6, 6.07) is 8.39. The quantitative estimate of drug-likeness (QED) is 0.875. The van der Waals surface area contributed by atoms with Gasteiger partial charge >= 0.3 is 0 Å². The van der Waals surface area contributed by atoms with Crippen LogP contribution >= 0.6 is 11.8 Å². The molecule has 0 saturated heterocycles. The first-order valence-corrected chi connectivity index (χ1v) is 7.91. The first-order valence-electron chi connectivity index (χ1n) is 6.92. The van der Waals surface area contributed by atoms with E-state index in [-0.39, 0.29) is 12.0 Å². The van der Waals surface area contributed by atoms with Crippen molar-refractivity contribution in [1.82, 2.24) is 10.1 Å². The monoisotopic (exact) mass is 290 g/mol. The lowest BCUT2D eigenvalue weighted by atomic mass is 10.1. The van der Waals surface area contributed by atoms with Crippen LogP contribution in [-0.2, 0) is 5.75 Å². The fraction of sp³-hybridized carbons (Fsp3) is 0.467. The van der Waals surface area contributed by atoms with Gasteiger partial charge in [-0.05, 0) is 38.3 Å². The van der Waals surface area contributed by atoms with Crippen molar-refractivity contribution in [3.63, 3.8) is 0 Å². The maximum Gasteiger partial charge on any atom is 0.232 e. The van der Waals surface area contributed by atoms with E-state index in [1.807, 2.05) is 0 Å². The van der Waals surface area contributed by atoms with Crippen LogP contribution in [0, 0.1) is 6.92 Å². The Morgan fingerprint density at radius 2 is 2.10 bits per heavy atom. The van der Waals surface area contributed by atoms with E-state index >= 15 is 0 Å². The Hall–Kier alpha value is -1.33. The molecule has 1 aromatic carbocycles. The van der Waals surface area contributed by atoms with Gasteiger partial charge in [0.1, 0.15) is 0 Å². The summed E-state index contributed by atoms with van der Waals surface area (Å²) in [6.07, 6.45) is 2.48. The number of hydrogen-bond acceptors (Lipinski definition) is 5. The fourth-order valence-electron chi connectivity index (χ4n) is 2.49. The van der Waals surface area contributed by atoms with Gasteiger partial charge in [0, 0.05) is 4.90 Å². The minimum atomic E-state index is -0.326. The van der Waals surface area contributed by atoms with Gasteiger partial charge in [0.15, 0.2) is 5.82 Å². The number of aryl methyl sites for hydroxylation is 1. The molecule has 2 unspecified atom stereocenters. The summed E-state index contributed by atoms with van der Waals surface area (Å²) in [5.41, 5.74) is 1.26. The molecule has 1 aromatic heterocycles. The molecule has 1 aliphatic rings. The Labute approximate surface area is 122 Å². The van der Waals surface area contributed by atoms with Crippen LogP contribution in [0.5, 0.6) is 0 Å². The SMILES string of the molecule is Cc1ccc(SCc2noc(C3CCCC3O)n2)cc1. The van der Waals surface area contributed by atoms with Crippen molar-refractivity contribution in [2.24, 2.45) is 0 Å². The van der Waals surface area contributed by atoms with Crippen LogP contribution in [0.4, 0.5) is 0 Å². The smallest absolute Gasteiger partial charge is 0.232 e.